The molecule has 0 aromatic carbocycles. The molecule has 1 atom stereocenters. The first-order valence-corrected chi connectivity index (χ1v) is 4.06. The predicted molar refractivity (Wildman–Crippen MR) is 74.8 cm³/mol. The maximum absolute atomic E-state index is 10.9. The second-order valence-electron chi connectivity index (χ2n) is 3.05. The monoisotopic (exact) mass is 346 g/mol. The number of hydrogen-bond donors (Lipinski definition) is 3. The summed E-state index contributed by atoms with van der Waals surface area (Å²) in [4.78, 5) is 42.1. The molecule has 0 fully saturated rings. The molecule has 0 spiro atoms. The van der Waals surface area contributed by atoms with E-state index >= 15 is 0 Å². The Hall–Kier alpha value is 2.68. The van der Waals surface area contributed by atoms with Crippen LogP contribution in [0.4, 0.5) is 0 Å². The van der Waals surface area contributed by atoms with Crippen LogP contribution in [0.5, 0.6) is 0 Å². The van der Waals surface area contributed by atoms with Gasteiger partial charge in [0.2, 0.25) is 0 Å². The summed E-state index contributed by atoms with van der Waals surface area (Å²) in [5.41, 5.74) is -2.78. The minimum atomic E-state index is -2.78. The van der Waals surface area contributed by atoms with Crippen molar-refractivity contribution >= 4 is 164 Å². The predicted octanol–water partition coefficient (Wildman–Crippen LogP) is -3.84. The van der Waals surface area contributed by atoms with Crippen molar-refractivity contribution in [3.05, 3.63) is 0 Å². The molecule has 1 unspecified atom stereocenters. The molecule has 0 aromatic rings. The molecule has 0 amide bonds. The fraction of sp³-hybridized carbons (Fsp3) is 0.500. The van der Waals surface area contributed by atoms with Crippen LogP contribution in [0.15, 0.2) is 0 Å². The molecule has 12 heteroatoms. The summed E-state index contributed by atoms with van der Waals surface area (Å²) in [6.45, 7) is 0.912. The van der Waals surface area contributed by atoms with Crippen molar-refractivity contribution in [3.63, 3.8) is 0 Å². The first kappa shape index (κ1) is 34.1. The Labute approximate surface area is 224 Å². The van der Waals surface area contributed by atoms with Crippen molar-refractivity contribution in [1.82, 2.24) is 0 Å². The van der Waals surface area contributed by atoms with E-state index in [1.807, 2.05) is 0 Å². The number of ether oxygens (including phenoxy) is 1. The topological polar surface area (TPSA) is 138 Å². The van der Waals surface area contributed by atoms with Gasteiger partial charge in [0.25, 0.3) is 0 Å². The number of hydrogen-bond acceptors (Lipinski definition) is 6. The van der Waals surface area contributed by atoms with Gasteiger partial charge >= 0.3 is 164 Å². The molecule has 0 aliphatic carbocycles. The maximum atomic E-state index is 10.9. The minimum absolute atomic E-state index is 0. The molecule has 0 saturated carbocycles. The van der Waals surface area contributed by atoms with Gasteiger partial charge in [0.05, 0.1) is 12.8 Å². The van der Waals surface area contributed by atoms with Crippen LogP contribution in [0.1, 0.15) is 19.8 Å². The third kappa shape index (κ3) is 15.6. The zero-order valence-corrected chi connectivity index (χ0v) is 8.30. The van der Waals surface area contributed by atoms with E-state index in [4.69, 9.17) is 10.2 Å². The molecule has 0 aliphatic rings. The number of carbonyl (C=O) groups is 4. The molecule has 0 bridgehead atoms. The van der Waals surface area contributed by atoms with Gasteiger partial charge in [0, 0.05) is 6.92 Å². The van der Waals surface area contributed by atoms with E-state index in [1.54, 1.807) is 0 Å². The Balaban J connectivity index is -0.000000187. The summed E-state index contributed by atoms with van der Waals surface area (Å²) in [7, 11) is 0. The average molecular weight is 346 g/mol. The van der Waals surface area contributed by atoms with E-state index in [9.17, 15) is 24.3 Å². The zero-order valence-electron chi connectivity index (χ0n) is 8.30. The van der Waals surface area contributed by atoms with Gasteiger partial charge in [-0.25, -0.2) is 4.79 Å². The standard InChI is InChI=1S/C8H10O8.K.3Na.4H/c1-4(9)16-6(12)3-8(15,7(13)14)2-5(10)11;;;;;;;;/h15H,2-3H2,1H3,(H,10,11)(H,13,14);;;;;;;;. The van der Waals surface area contributed by atoms with Crippen LogP contribution in [-0.4, -0.2) is 185 Å². The van der Waals surface area contributed by atoms with Crippen molar-refractivity contribution in [2.24, 2.45) is 0 Å². The summed E-state index contributed by atoms with van der Waals surface area (Å²) in [6.07, 6.45) is -2.29. The number of carbonyl (C=O) groups excluding carboxylic acids is 2. The summed E-state index contributed by atoms with van der Waals surface area (Å²) in [6, 6.07) is 0. The second kappa shape index (κ2) is 16.5. The third-order valence-corrected chi connectivity index (χ3v) is 1.54. The van der Waals surface area contributed by atoms with Crippen molar-refractivity contribution < 1.29 is 39.2 Å². The Morgan fingerprint density at radius 1 is 1.00 bits per heavy atom. The second-order valence-corrected chi connectivity index (χ2v) is 3.05. The van der Waals surface area contributed by atoms with E-state index in [0.29, 0.717) is 0 Å². The fourth-order valence-corrected chi connectivity index (χ4v) is 0.899. The van der Waals surface area contributed by atoms with Gasteiger partial charge in [0.1, 0.15) is 0 Å². The molecular weight excluding hydrogens is 332 g/mol. The van der Waals surface area contributed by atoms with Crippen LogP contribution < -0.4 is 0 Å². The van der Waals surface area contributed by atoms with E-state index in [2.05, 4.69) is 4.74 Å². The molecule has 0 aliphatic heterocycles. The number of carboxylic acid groups (broad SMARTS) is 2. The summed E-state index contributed by atoms with van der Waals surface area (Å²) >= 11 is 0. The van der Waals surface area contributed by atoms with Gasteiger partial charge in [-0.05, 0) is 0 Å². The molecule has 0 heterocycles. The van der Waals surface area contributed by atoms with E-state index in [0.717, 1.165) is 6.92 Å². The normalized spacial score (nSPS) is 10.9. The summed E-state index contributed by atoms with van der Waals surface area (Å²) in [5.74, 6) is -5.76. The molecular formula is C8H14KNa3O8. The van der Waals surface area contributed by atoms with Crippen molar-refractivity contribution in [3.8, 4) is 0 Å². The molecule has 0 radical (unpaired) electrons. The number of carboxylic acids is 2. The zero-order chi connectivity index (χ0) is 12.9. The average Bonchev–Trinajstić information content (AvgIpc) is 1.98. The first-order valence-electron chi connectivity index (χ1n) is 4.06. The van der Waals surface area contributed by atoms with Gasteiger partial charge < -0.3 is 20.1 Å². The number of rotatable bonds is 5. The molecule has 20 heavy (non-hydrogen) atoms. The first-order chi connectivity index (χ1) is 7.17. The summed E-state index contributed by atoms with van der Waals surface area (Å²) < 4.78 is 3.98. The Morgan fingerprint density at radius 3 is 1.65 bits per heavy atom. The molecule has 98 valence electrons. The molecule has 0 aromatic heterocycles. The van der Waals surface area contributed by atoms with Gasteiger partial charge in [-0.15, -0.1) is 0 Å². The Morgan fingerprint density at radius 2 is 1.40 bits per heavy atom. The van der Waals surface area contributed by atoms with Crippen LogP contribution in [0.25, 0.3) is 0 Å². The van der Waals surface area contributed by atoms with Crippen molar-refractivity contribution in [2.45, 2.75) is 25.4 Å². The van der Waals surface area contributed by atoms with Gasteiger partial charge in [0.15, 0.2) is 5.60 Å². The van der Waals surface area contributed by atoms with Gasteiger partial charge in [-0.1, -0.05) is 0 Å². The number of aliphatic hydroxyl groups is 1. The molecule has 8 nitrogen and oxygen atoms in total. The third-order valence-electron chi connectivity index (χ3n) is 1.54. The summed E-state index contributed by atoms with van der Waals surface area (Å²) in [5, 5.41) is 26.3. The fourth-order valence-electron chi connectivity index (χ4n) is 0.899. The quantitative estimate of drug-likeness (QED) is 0.261. The Kier molecular flexibility index (Phi) is 28.2. The molecule has 0 rings (SSSR count). The van der Waals surface area contributed by atoms with E-state index in [1.165, 1.54) is 0 Å². The molecule has 3 N–H and O–H groups in total. The SMILES string of the molecule is CC(=O)OC(=O)CC(O)(CC(=O)O)C(=O)O.[KH].[NaH].[NaH].[NaH]. The van der Waals surface area contributed by atoms with Gasteiger partial charge in [-0.3, -0.25) is 14.4 Å². The van der Waals surface area contributed by atoms with Crippen LogP contribution in [-0.2, 0) is 23.9 Å². The van der Waals surface area contributed by atoms with Crippen LogP contribution >= 0.6 is 0 Å². The number of aliphatic carboxylic acids is 2. The van der Waals surface area contributed by atoms with E-state index in [-0.39, 0.29) is 140 Å². The van der Waals surface area contributed by atoms with Crippen LogP contribution in [0.2, 0.25) is 0 Å². The van der Waals surface area contributed by atoms with Gasteiger partial charge in [-0.2, -0.15) is 0 Å². The Bertz CT molecular complexity index is 351. The van der Waals surface area contributed by atoms with Crippen molar-refractivity contribution in [2.75, 3.05) is 0 Å². The van der Waals surface area contributed by atoms with Crippen LogP contribution in [0, 0.1) is 0 Å². The number of esters is 2. The molecule has 0 saturated heterocycles. The van der Waals surface area contributed by atoms with E-state index < -0.39 is 42.3 Å². The van der Waals surface area contributed by atoms with Crippen molar-refractivity contribution in [1.29, 1.82) is 0 Å². The van der Waals surface area contributed by atoms with Crippen LogP contribution in [0.3, 0.4) is 0 Å².